The van der Waals surface area contributed by atoms with Crippen molar-refractivity contribution in [2.75, 3.05) is 6.54 Å². The lowest BCUT2D eigenvalue weighted by atomic mass is 10.0. The minimum atomic E-state index is -0.853. The second-order valence-electron chi connectivity index (χ2n) is 6.26. The second-order valence-corrected chi connectivity index (χ2v) is 6.26. The van der Waals surface area contributed by atoms with Crippen LogP contribution in [0, 0.1) is 11.6 Å². The van der Waals surface area contributed by atoms with E-state index in [-0.39, 0.29) is 12.1 Å². The Balaban J connectivity index is 1.63. The topological polar surface area (TPSA) is 61.9 Å². The third-order valence-electron chi connectivity index (χ3n) is 4.51. The van der Waals surface area contributed by atoms with Crippen molar-refractivity contribution in [3.05, 3.63) is 81.5 Å². The first kappa shape index (κ1) is 16.5. The molecule has 0 bridgehead atoms. The van der Waals surface area contributed by atoms with Crippen LogP contribution in [0.5, 0.6) is 0 Å². The van der Waals surface area contributed by atoms with E-state index in [9.17, 15) is 13.6 Å². The van der Waals surface area contributed by atoms with Crippen molar-refractivity contribution in [1.82, 2.24) is 19.9 Å². The van der Waals surface area contributed by atoms with Crippen LogP contribution >= 0.6 is 0 Å². The second kappa shape index (κ2) is 6.76. The zero-order valence-corrected chi connectivity index (χ0v) is 13.9. The number of benzene rings is 1. The van der Waals surface area contributed by atoms with E-state index >= 15 is 0 Å². The smallest absolute Gasteiger partial charge is 0.254 e. The van der Waals surface area contributed by atoms with Crippen molar-refractivity contribution in [3.63, 3.8) is 0 Å². The summed E-state index contributed by atoms with van der Waals surface area (Å²) in [5.74, 6) is -1.22. The Labute approximate surface area is 148 Å². The van der Waals surface area contributed by atoms with Crippen LogP contribution in [0.3, 0.4) is 0 Å². The highest BCUT2D eigenvalue weighted by Crippen LogP contribution is 2.21. The van der Waals surface area contributed by atoms with Crippen LogP contribution in [0.4, 0.5) is 8.78 Å². The molecule has 1 aliphatic heterocycles. The molecule has 0 unspecified atom stereocenters. The predicted octanol–water partition coefficient (Wildman–Crippen LogP) is 2.67. The van der Waals surface area contributed by atoms with Gasteiger partial charge in [0.15, 0.2) is 11.6 Å². The summed E-state index contributed by atoms with van der Waals surface area (Å²) in [6.07, 6.45) is 3.80. The first-order valence-electron chi connectivity index (χ1n) is 8.29. The van der Waals surface area contributed by atoms with Gasteiger partial charge in [-0.25, -0.2) is 13.8 Å². The molecule has 4 rings (SSSR count). The molecule has 26 heavy (non-hydrogen) atoms. The predicted molar refractivity (Wildman–Crippen MR) is 92.3 cm³/mol. The van der Waals surface area contributed by atoms with Gasteiger partial charge in [0.25, 0.3) is 5.56 Å². The Hall–Kier alpha value is -2.93. The number of aromatic amines is 1. The summed E-state index contributed by atoms with van der Waals surface area (Å²) in [7, 11) is 0. The summed E-state index contributed by atoms with van der Waals surface area (Å²) >= 11 is 0. The van der Waals surface area contributed by atoms with E-state index in [1.54, 1.807) is 24.5 Å². The fraction of sp³-hybridized carbons (Fsp3) is 0.211. The molecule has 1 aliphatic rings. The van der Waals surface area contributed by atoms with Crippen LogP contribution in [-0.2, 0) is 19.5 Å². The maximum Gasteiger partial charge on any atom is 0.254 e. The van der Waals surface area contributed by atoms with Crippen molar-refractivity contribution in [3.8, 4) is 11.4 Å². The summed E-state index contributed by atoms with van der Waals surface area (Å²) < 4.78 is 27.3. The monoisotopic (exact) mass is 354 g/mol. The molecule has 1 N–H and O–H groups in total. The standard InChI is InChI=1S/C19H16F2N4O/c20-15-5-1-3-13(17(15)21)10-25-8-6-14-16(11-25)23-18(24-19(14)26)12-4-2-7-22-9-12/h1-5,7,9H,6,8,10-11H2,(H,23,24,26). The van der Waals surface area contributed by atoms with Crippen LogP contribution in [0.1, 0.15) is 16.8 Å². The van der Waals surface area contributed by atoms with Gasteiger partial charge in [0.1, 0.15) is 5.82 Å². The number of hydrogen-bond donors (Lipinski definition) is 1. The summed E-state index contributed by atoms with van der Waals surface area (Å²) in [5, 5.41) is 0. The van der Waals surface area contributed by atoms with Gasteiger partial charge >= 0.3 is 0 Å². The lowest BCUT2D eigenvalue weighted by molar-refractivity contribution is 0.236. The van der Waals surface area contributed by atoms with E-state index in [0.717, 1.165) is 11.6 Å². The Morgan fingerprint density at radius 3 is 2.88 bits per heavy atom. The summed E-state index contributed by atoms with van der Waals surface area (Å²) in [4.78, 5) is 25.7. The molecule has 3 aromatic rings. The van der Waals surface area contributed by atoms with Gasteiger partial charge in [-0.1, -0.05) is 12.1 Å². The lowest BCUT2D eigenvalue weighted by Gasteiger charge is -2.27. The average Bonchev–Trinajstić information content (AvgIpc) is 2.66. The molecular weight excluding hydrogens is 338 g/mol. The molecule has 1 aromatic carbocycles. The van der Waals surface area contributed by atoms with Crippen LogP contribution in [0.15, 0.2) is 47.5 Å². The third-order valence-corrected chi connectivity index (χ3v) is 4.51. The van der Waals surface area contributed by atoms with E-state index in [1.165, 1.54) is 6.07 Å². The fourth-order valence-electron chi connectivity index (χ4n) is 3.18. The number of halogens is 2. The molecule has 0 spiro atoms. The van der Waals surface area contributed by atoms with Crippen LogP contribution in [0.25, 0.3) is 11.4 Å². The molecule has 0 amide bonds. The Bertz CT molecular complexity index is 1000. The van der Waals surface area contributed by atoms with E-state index in [4.69, 9.17) is 0 Å². The number of fused-ring (bicyclic) bond motifs is 1. The van der Waals surface area contributed by atoms with Crippen molar-refractivity contribution >= 4 is 0 Å². The molecule has 0 fully saturated rings. The normalized spacial score (nSPS) is 14.2. The van der Waals surface area contributed by atoms with Gasteiger partial charge < -0.3 is 4.98 Å². The van der Waals surface area contributed by atoms with Gasteiger partial charge in [-0.05, 0) is 24.6 Å². The molecule has 3 heterocycles. The Morgan fingerprint density at radius 1 is 1.19 bits per heavy atom. The highest BCUT2D eigenvalue weighted by Gasteiger charge is 2.22. The lowest BCUT2D eigenvalue weighted by Crippen LogP contribution is -2.35. The maximum atomic E-state index is 13.9. The Kier molecular flexibility index (Phi) is 4.30. The molecule has 0 saturated carbocycles. The molecule has 0 atom stereocenters. The van der Waals surface area contributed by atoms with Gasteiger partial charge in [-0.2, -0.15) is 0 Å². The largest absolute Gasteiger partial charge is 0.306 e. The molecule has 132 valence electrons. The number of hydrogen-bond acceptors (Lipinski definition) is 4. The first-order chi connectivity index (χ1) is 12.6. The number of nitrogens with zero attached hydrogens (tertiary/aromatic N) is 3. The van der Waals surface area contributed by atoms with E-state index in [1.807, 2.05) is 11.0 Å². The summed E-state index contributed by atoms with van der Waals surface area (Å²) in [6, 6.07) is 7.76. The van der Waals surface area contributed by atoms with E-state index < -0.39 is 11.6 Å². The highest BCUT2D eigenvalue weighted by molar-refractivity contribution is 5.53. The quantitative estimate of drug-likeness (QED) is 0.786. The number of rotatable bonds is 3. The average molecular weight is 354 g/mol. The maximum absolute atomic E-state index is 13.9. The van der Waals surface area contributed by atoms with Crippen molar-refractivity contribution in [2.24, 2.45) is 0 Å². The number of aromatic nitrogens is 3. The van der Waals surface area contributed by atoms with E-state index in [0.29, 0.717) is 42.2 Å². The minimum Gasteiger partial charge on any atom is -0.306 e. The van der Waals surface area contributed by atoms with Gasteiger partial charge in [-0.3, -0.25) is 14.7 Å². The zero-order valence-electron chi connectivity index (χ0n) is 13.9. The van der Waals surface area contributed by atoms with Gasteiger partial charge in [0, 0.05) is 48.7 Å². The fourth-order valence-corrected chi connectivity index (χ4v) is 3.18. The molecule has 5 nitrogen and oxygen atoms in total. The molecule has 2 aromatic heterocycles. The minimum absolute atomic E-state index is 0.162. The van der Waals surface area contributed by atoms with Crippen LogP contribution < -0.4 is 5.56 Å². The molecule has 0 radical (unpaired) electrons. The summed E-state index contributed by atoms with van der Waals surface area (Å²) in [6.45, 7) is 1.25. The van der Waals surface area contributed by atoms with Crippen molar-refractivity contribution < 1.29 is 8.78 Å². The summed E-state index contributed by atoms with van der Waals surface area (Å²) in [5.41, 5.74) is 2.17. The Morgan fingerprint density at radius 2 is 2.08 bits per heavy atom. The van der Waals surface area contributed by atoms with Crippen molar-refractivity contribution in [2.45, 2.75) is 19.5 Å². The zero-order chi connectivity index (χ0) is 18.1. The third kappa shape index (κ3) is 3.13. The van der Waals surface area contributed by atoms with Crippen molar-refractivity contribution in [1.29, 1.82) is 0 Å². The van der Waals surface area contributed by atoms with Gasteiger partial charge in [0.2, 0.25) is 0 Å². The first-order valence-corrected chi connectivity index (χ1v) is 8.29. The number of pyridine rings is 1. The highest BCUT2D eigenvalue weighted by atomic mass is 19.2. The van der Waals surface area contributed by atoms with Gasteiger partial charge in [-0.15, -0.1) is 0 Å². The number of nitrogens with one attached hydrogen (secondary N) is 1. The number of H-pyrrole nitrogens is 1. The molecular formula is C19H16F2N4O. The molecule has 0 aliphatic carbocycles. The van der Waals surface area contributed by atoms with E-state index in [2.05, 4.69) is 15.0 Å². The molecule has 0 saturated heterocycles. The molecule has 7 heteroatoms. The van der Waals surface area contributed by atoms with Crippen LogP contribution in [-0.4, -0.2) is 26.4 Å². The SMILES string of the molecule is O=c1[nH]c(-c2cccnc2)nc2c1CCN(Cc1cccc(F)c1F)C2. The van der Waals surface area contributed by atoms with Gasteiger partial charge in [0.05, 0.1) is 5.69 Å². The van der Waals surface area contributed by atoms with Crippen LogP contribution in [0.2, 0.25) is 0 Å².